The minimum absolute atomic E-state index is 0.0689. The third-order valence-corrected chi connectivity index (χ3v) is 4.14. The fourth-order valence-corrected chi connectivity index (χ4v) is 2.80. The Morgan fingerprint density at radius 2 is 2.05 bits per heavy atom. The molecule has 1 atom stereocenters. The van der Waals surface area contributed by atoms with Crippen molar-refractivity contribution < 1.29 is 19.4 Å². The van der Waals surface area contributed by atoms with Gasteiger partial charge in [0.1, 0.15) is 5.75 Å². The summed E-state index contributed by atoms with van der Waals surface area (Å²) in [6.45, 7) is 1.04. The van der Waals surface area contributed by atoms with Gasteiger partial charge in [-0.3, -0.25) is 9.59 Å². The Morgan fingerprint density at radius 1 is 1.32 bits per heavy atom. The van der Waals surface area contributed by atoms with Crippen LogP contribution in [0.3, 0.4) is 0 Å². The number of hydrogen-bond donors (Lipinski definition) is 1. The number of methoxy groups -OCH3 is 1. The number of benzene rings is 1. The molecule has 0 bridgehead atoms. The quantitative estimate of drug-likeness (QED) is 0.876. The first-order valence-electron chi connectivity index (χ1n) is 7.73. The van der Waals surface area contributed by atoms with E-state index >= 15 is 0 Å². The van der Waals surface area contributed by atoms with Crippen molar-refractivity contribution in [1.29, 1.82) is 0 Å². The molecule has 0 aliphatic carbocycles. The minimum atomic E-state index is -0.796. The van der Waals surface area contributed by atoms with Crippen LogP contribution >= 0.6 is 0 Å². The van der Waals surface area contributed by atoms with E-state index in [0.717, 1.165) is 25.0 Å². The lowest BCUT2D eigenvalue weighted by Gasteiger charge is -2.30. The van der Waals surface area contributed by atoms with E-state index in [0.29, 0.717) is 25.9 Å². The van der Waals surface area contributed by atoms with Gasteiger partial charge in [0.2, 0.25) is 5.91 Å². The van der Waals surface area contributed by atoms with Crippen molar-refractivity contribution in [3.8, 4) is 5.75 Å². The second-order valence-corrected chi connectivity index (χ2v) is 5.72. The highest BCUT2D eigenvalue weighted by Gasteiger charge is 2.27. The molecule has 1 amide bonds. The summed E-state index contributed by atoms with van der Waals surface area (Å²) in [7, 11) is 1.64. The van der Waals surface area contributed by atoms with Gasteiger partial charge in [-0.05, 0) is 43.4 Å². The average Bonchev–Trinajstić information content (AvgIpc) is 2.55. The molecule has 1 saturated heterocycles. The fourth-order valence-electron chi connectivity index (χ4n) is 2.80. The Balaban J connectivity index is 1.76. The van der Waals surface area contributed by atoms with Gasteiger partial charge in [0.05, 0.1) is 13.0 Å². The molecule has 1 aromatic carbocycles. The number of carbonyl (C=O) groups is 2. The number of ether oxygens (including phenoxy) is 1. The van der Waals surface area contributed by atoms with Crippen molar-refractivity contribution in [1.82, 2.24) is 4.90 Å². The van der Waals surface area contributed by atoms with E-state index in [1.807, 2.05) is 24.3 Å². The Morgan fingerprint density at radius 3 is 2.68 bits per heavy atom. The van der Waals surface area contributed by atoms with Crippen LogP contribution in [0.15, 0.2) is 24.3 Å². The van der Waals surface area contributed by atoms with Crippen molar-refractivity contribution in [3.63, 3.8) is 0 Å². The summed E-state index contributed by atoms with van der Waals surface area (Å²) in [6.07, 6.45) is 3.54. The lowest BCUT2D eigenvalue weighted by atomic mass is 9.97. The molecule has 0 radical (unpaired) electrons. The van der Waals surface area contributed by atoms with Gasteiger partial charge < -0.3 is 14.7 Å². The smallest absolute Gasteiger partial charge is 0.308 e. The van der Waals surface area contributed by atoms with Crippen molar-refractivity contribution in [2.45, 2.75) is 32.1 Å². The van der Waals surface area contributed by atoms with Crippen molar-refractivity contribution >= 4 is 11.9 Å². The van der Waals surface area contributed by atoms with Gasteiger partial charge in [-0.15, -0.1) is 0 Å². The second-order valence-electron chi connectivity index (χ2n) is 5.72. The van der Waals surface area contributed by atoms with Crippen LogP contribution in [-0.2, 0) is 16.0 Å². The molecule has 2 rings (SSSR count). The Bertz CT molecular complexity index is 512. The molecule has 1 aromatic rings. The van der Waals surface area contributed by atoms with Gasteiger partial charge in [0.15, 0.2) is 0 Å². The summed E-state index contributed by atoms with van der Waals surface area (Å²) in [4.78, 5) is 24.9. The van der Waals surface area contributed by atoms with E-state index in [-0.39, 0.29) is 5.91 Å². The molecule has 120 valence electrons. The van der Waals surface area contributed by atoms with Crippen LogP contribution < -0.4 is 4.74 Å². The topological polar surface area (TPSA) is 66.8 Å². The molecule has 22 heavy (non-hydrogen) atoms. The summed E-state index contributed by atoms with van der Waals surface area (Å²) in [6, 6.07) is 7.84. The van der Waals surface area contributed by atoms with Crippen molar-refractivity contribution in [3.05, 3.63) is 29.8 Å². The maximum Gasteiger partial charge on any atom is 0.308 e. The highest BCUT2D eigenvalue weighted by molar-refractivity contribution is 5.78. The number of carboxylic acids is 1. The molecule has 1 aliphatic rings. The Labute approximate surface area is 130 Å². The zero-order valence-electron chi connectivity index (χ0n) is 13.0. The molecular formula is C17H23NO4. The third kappa shape index (κ3) is 4.48. The van der Waals surface area contributed by atoms with Crippen molar-refractivity contribution in [2.24, 2.45) is 5.92 Å². The number of hydrogen-bond acceptors (Lipinski definition) is 3. The number of carbonyl (C=O) groups excluding carboxylic acids is 1. The van der Waals surface area contributed by atoms with E-state index in [1.54, 1.807) is 12.0 Å². The van der Waals surface area contributed by atoms with Gasteiger partial charge in [0, 0.05) is 19.5 Å². The van der Waals surface area contributed by atoms with E-state index < -0.39 is 11.9 Å². The van der Waals surface area contributed by atoms with E-state index in [9.17, 15) is 9.59 Å². The van der Waals surface area contributed by atoms with Crippen LogP contribution in [0, 0.1) is 5.92 Å². The summed E-state index contributed by atoms with van der Waals surface area (Å²) < 4.78 is 5.11. The van der Waals surface area contributed by atoms with Gasteiger partial charge in [-0.2, -0.15) is 0 Å². The molecule has 1 N–H and O–H groups in total. The zero-order valence-corrected chi connectivity index (χ0v) is 13.0. The van der Waals surface area contributed by atoms with E-state index in [1.165, 1.54) is 5.56 Å². The summed E-state index contributed by atoms with van der Waals surface area (Å²) in [5, 5.41) is 9.06. The minimum Gasteiger partial charge on any atom is -0.497 e. The monoisotopic (exact) mass is 305 g/mol. The number of likely N-dealkylation sites (tertiary alicyclic amines) is 1. The number of amides is 1. The van der Waals surface area contributed by atoms with Gasteiger partial charge in [-0.1, -0.05) is 12.1 Å². The standard InChI is InChI=1S/C17H23NO4/c1-22-15-9-7-13(8-10-15)4-2-6-16(19)18-11-3-5-14(12-18)17(20)21/h7-10,14H,2-6,11-12H2,1H3,(H,20,21)/t14-/m0/s1. The maximum absolute atomic E-state index is 12.2. The van der Waals surface area contributed by atoms with Gasteiger partial charge in [0.25, 0.3) is 0 Å². The lowest BCUT2D eigenvalue weighted by molar-refractivity contribution is -0.145. The van der Waals surface area contributed by atoms with E-state index in [2.05, 4.69) is 0 Å². The normalized spacial score (nSPS) is 18.0. The number of piperidine rings is 1. The maximum atomic E-state index is 12.2. The largest absolute Gasteiger partial charge is 0.497 e. The van der Waals surface area contributed by atoms with Crippen LogP contribution in [0.2, 0.25) is 0 Å². The van der Waals surface area contributed by atoms with Crippen LogP contribution in [0.1, 0.15) is 31.2 Å². The average molecular weight is 305 g/mol. The second kappa shape index (κ2) is 7.82. The summed E-state index contributed by atoms with van der Waals surface area (Å²) >= 11 is 0. The SMILES string of the molecule is COc1ccc(CCCC(=O)N2CCC[C@H](C(=O)O)C2)cc1. The van der Waals surface area contributed by atoms with E-state index in [4.69, 9.17) is 9.84 Å². The fraction of sp³-hybridized carbons (Fsp3) is 0.529. The molecule has 0 aromatic heterocycles. The molecule has 0 unspecified atom stereocenters. The molecule has 5 heteroatoms. The number of aryl methyl sites for hydroxylation is 1. The Hall–Kier alpha value is -2.04. The molecular weight excluding hydrogens is 282 g/mol. The predicted molar refractivity (Wildman–Crippen MR) is 82.9 cm³/mol. The molecule has 1 fully saturated rings. The van der Waals surface area contributed by atoms with Gasteiger partial charge >= 0.3 is 5.97 Å². The lowest BCUT2D eigenvalue weighted by Crippen LogP contribution is -2.42. The van der Waals surface area contributed by atoms with Crippen molar-refractivity contribution in [2.75, 3.05) is 20.2 Å². The molecule has 1 heterocycles. The zero-order chi connectivity index (χ0) is 15.9. The first-order valence-corrected chi connectivity index (χ1v) is 7.73. The third-order valence-electron chi connectivity index (χ3n) is 4.14. The van der Waals surface area contributed by atoms with Crippen LogP contribution in [-0.4, -0.2) is 42.1 Å². The van der Waals surface area contributed by atoms with Crippen LogP contribution in [0.25, 0.3) is 0 Å². The highest BCUT2D eigenvalue weighted by atomic mass is 16.5. The number of rotatable bonds is 6. The number of nitrogens with zero attached hydrogens (tertiary/aromatic N) is 1. The number of aliphatic carboxylic acids is 1. The predicted octanol–water partition coefficient (Wildman–Crippen LogP) is 2.34. The first kappa shape index (κ1) is 16.3. The molecule has 1 aliphatic heterocycles. The first-order chi connectivity index (χ1) is 10.6. The van der Waals surface area contributed by atoms with Gasteiger partial charge in [-0.25, -0.2) is 0 Å². The Kier molecular flexibility index (Phi) is 5.81. The molecule has 5 nitrogen and oxygen atoms in total. The van der Waals surface area contributed by atoms with Crippen LogP contribution in [0.4, 0.5) is 0 Å². The summed E-state index contributed by atoms with van der Waals surface area (Å²) in [5.74, 6) is -0.303. The summed E-state index contributed by atoms with van der Waals surface area (Å²) in [5.41, 5.74) is 1.18. The molecule has 0 saturated carbocycles. The molecule has 0 spiro atoms. The highest BCUT2D eigenvalue weighted by Crippen LogP contribution is 2.18. The van der Waals surface area contributed by atoms with Crippen LogP contribution in [0.5, 0.6) is 5.75 Å². The number of carboxylic acid groups (broad SMARTS) is 1.